The second kappa shape index (κ2) is 10.7. The predicted molar refractivity (Wildman–Crippen MR) is 115 cm³/mol. The minimum absolute atomic E-state index is 0.188. The van der Waals surface area contributed by atoms with Gasteiger partial charge in [0.15, 0.2) is 17.3 Å². The predicted octanol–water partition coefficient (Wildman–Crippen LogP) is 6.35. The molecule has 2 aromatic rings. The van der Waals surface area contributed by atoms with Gasteiger partial charge in [-0.2, -0.15) is 0 Å². The van der Waals surface area contributed by atoms with Crippen molar-refractivity contribution in [2.75, 3.05) is 25.3 Å². The molecule has 0 radical (unpaired) electrons. The number of para-hydroxylation sites is 1. The van der Waals surface area contributed by atoms with Crippen molar-refractivity contribution in [1.82, 2.24) is 0 Å². The van der Waals surface area contributed by atoms with Gasteiger partial charge in [0.05, 0.1) is 13.2 Å². The lowest BCUT2D eigenvalue weighted by molar-refractivity contribution is 0.174. The van der Waals surface area contributed by atoms with E-state index in [-0.39, 0.29) is 6.79 Å². The molecule has 1 atom stereocenters. The van der Waals surface area contributed by atoms with Crippen LogP contribution in [0, 0.1) is 0 Å². The van der Waals surface area contributed by atoms with Crippen LogP contribution >= 0.6 is 7.60 Å². The SMILES string of the molecule is CCCCOP(=O)(OCCCC)[C@@H](Nc1ccccc1)c1ccc2c(c1)OCO2. The number of anilines is 1. The van der Waals surface area contributed by atoms with E-state index in [4.69, 9.17) is 18.5 Å². The lowest BCUT2D eigenvalue weighted by Gasteiger charge is -2.29. The van der Waals surface area contributed by atoms with Gasteiger partial charge in [0, 0.05) is 5.69 Å². The standard InChI is InChI=1S/C22H30NO5P/c1-3-5-14-27-29(24,28-15-6-4-2)22(23-19-10-8-7-9-11-19)18-12-13-20-21(16-18)26-17-25-20/h7-13,16,22-23H,3-6,14-15,17H2,1-2H3/t22-/m1/s1. The first-order chi connectivity index (χ1) is 14.2. The first-order valence-corrected chi connectivity index (χ1v) is 11.9. The Morgan fingerprint density at radius 1 is 0.966 bits per heavy atom. The van der Waals surface area contributed by atoms with Crippen molar-refractivity contribution in [3.8, 4) is 11.5 Å². The van der Waals surface area contributed by atoms with Crippen molar-refractivity contribution < 1.29 is 23.1 Å². The Hall–Kier alpha value is -2.01. The number of fused-ring (bicyclic) bond motifs is 1. The second-order valence-corrected chi connectivity index (χ2v) is 9.05. The molecule has 0 bridgehead atoms. The molecule has 2 aromatic carbocycles. The molecular weight excluding hydrogens is 389 g/mol. The van der Waals surface area contributed by atoms with Crippen LogP contribution in [0.2, 0.25) is 0 Å². The Balaban J connectivity index is 1.94. The second-order valence-electron chi connectivity index (χ2n) is 6.94. The summed E-state index contributed by atoms with van der Waals surface area (Å²) in [6.45, 7) is 5.11. The molecule has 1 aliphatic heterocycles. The van der Waals surface area contributed by atoms with Gasteiger partial charge in [0.2, 0.25) is 6.79 Å². The van der Waals surface area contributed by atoms with Gasteiger partial charge in [-0.15, -0.1) is 0 Å². The average Bonchev–Trinajstić information content (AvgIpc) is 3.21. The highest BCUT2D eigenvalue weighted by Crippen LogP contribution is 2.61. The number of ether oxygens (including phenoxy) is 2. The Morgan fingerprint density at radius 3 is 2.28 bits per heavy atom. The first-order valence-electron chi connectivity index (χ1n) is 10.3. The van der Waals surface area contributed by atoms with E-state index in [0.29, 0.717) is 24.7 Å². The molecule has 158 valence electrons. The van der Waals surface area contributed by atoms with E-state index in [1.807, 2.05) is 48.5 Å². The van der Waals surface area contributed by atoms with Crippen molar-refractivity contribution in [2.45, 2.75) is 45.3 Å². The van der Waals surface area contributed by atoms with Crippen molar-refractivity contribution in [3.63, 3.8) is 0 Å². The van der Waals surface area contributed by atoms with E-state index in [9.17, 15) is 4.57 Å². The zero-order chi connectivity index (χ0) is 20.5. The number of unbranched alkanes of at least 4 members (excludes halogenated alkanes) is 2. The van der Waals surface area contributed by atoms with Crippen LogP contribution in [0.25, 0.3) is 0 Å². The van der Waals surface area contributed by atoms with Crippen LogP contribution in [-0.2, 0) is 13.6 Å². The maximum atomic E-state index is 14.0. The van der Waals surface area contributed by atoms with Crippen LogP contribution in [0.4, 0.5) is 5.69 Å². The van der Waals surface area contributed by atoms with E-state index in [2.05, 4.69) is 19.2 Å². The minimum atomic E-state index is -3.51. The average molecular weight is 419 g/mol. The summed E-state index contributed by atoms with van der Waals surface area (Å²) in [7, 11) is -3.51. The molecule has 3 rings (SSSR count). The molecule has 0 saturated heterocycles. The van der Waals surface area contributed by atoms with E-state index in [0.717, 1.165) is 36.9 Å². The fourth-order valence-electron chi connectivity index (χ4n) is 2.98. The van der Waals surface area contributed by atoms with Crippen molar-refractivity contribution in [2.24, 2.45) is 0 Å². The maximum absolute atomic E-state index is 14.0. The molecule has 0 spiro atoms. The number of hydrogen-bond donors (Lipinski definition) is 1. The number of hydrogen-bond acceptors (Lipinski definition) is 6. The van der Waals surface area contributed by atoms with Gasteiger partial charge in [-0.05, 0) is 42.7 Å². The first kappa shape index (κ1) is 21.7. The molecule has 0 unspecified atom stereocenters. The van der Waals surface area contributed by atoms with Gasteiger partial charge in [-0.3, -0.25) is 4.57 Å². The molecule has 6 nitrogen and oxygen atoms in total. The van der Waals surface area contributed by atoms with Gasteiger partial charge in [-0.25, -0.2) is 0 Å². The Kier molecular flexibility index (Phi) is 7.99. The summed E-state index contributed by atoms with van der Waals surface area (Å²) in [6.07, 6.45) is 3.55. The summed E-state index contributed by atoms with van der Waals surface area (Å²) in [5, 5.41) is 3.37. The van der Waals surface area contributed by atoms with Gasteiger partial charge < -0.3 is 23.8 Å². The van der Waals surface area contributed by atoms with Gasteiger partial charge in [0.1, 0.15) is 0 Å². The molecule has 0 amide bonds. The molecule has 0 saturated carbocycles. The smallest absolute Gasteiger partial charge is 0.357 e. The molecule has 1 N–H and O–H groups in total. The summed E-state index contributed by atoms with van der Waals surface area (Å²) >= 11 is 0. The summed E-state index contributed by atoms with van der Waals surface area (Å²) in [4.78, 5) is 0. The van der Waals surface area contributed by atoms with Gasteiger partial charge in [-0.1, -0.05) is 51.0 Å². The maximum Gasteiger partial charge on any atom is 0.357 e. The van der Waals surface area contributed by atoms with Crippen molar-refractivity contribution >= 4 is 13.3 Å². The number of nitrogens with one attached hydrogen (secondary N) is 1. The summed E-state index contributed by atoms with van der Waals surface area (Å²) in [5.74, 6) is 0.657. The Morgan fingerprint density at radius 2 is 1.62 bits per heavy atom. The lowest BCUT2D eigenvalue weighted by atomic mass is 10.2. The van der Waals surface area contributed by atoms with E-state index >= 15 is 0 Å². The molecule has 0 aliphatic carbocycles. The number of rotatable bonds is 12. The molecule has 0 fully saturated rings. The Labute approximate surface area is 173 Å². The van der Waals surface area contributed by atoms with Crippen molar-refractivity contribution in [1.29, 1.82) is 0 Å². The van der Waals surface area contributed by atoms with Crippen LogP contribution in [0.15, 0.2) is 48.5 Å². The number of benzene rings is 2. The van der Waals surface area contributed by atoms with Crippen LogP contribution in [0.3, 0.4) is 0 Å². The molecule has 7 heteroatoms. The van der Waals surface area contributed by atoms with Crippen molar-refractivity contribution in [3.05, 3.63) is 54.1 Å². The summed E-state index contributed by atoms with van der Waals surface area (Å²) in [6, 6.07) is 15.2. The fraction of sp³-hybridized carbons (Fsp3) is 0.455. The van der Waals surface area contributed by atoms with Crippen LogP contribution in [0.1, 0.15) is 50.9 Å². The third kappa shape index (κ3) is 5.75. The highest BCUT2D eigenvalue weighted by Gasteiger charge is 2.38. The normalized spacial score (nSPS) is 14.0. The van der Waals surface area contributed by atoms with Crippen LogP contribution in [0.5, 0.6) is 11.5 Å². The van der Waals surface area contributed by atoms with E-state index in [1.54, 1.807) is 0 Å². The molecule has 0 aromatic heterocycles. The highest BCUT2D eigenvalue weighted by molar-refractivity contribution is 7.54. The van der Waals surface area contributed by atoms with Gasteiger partial charge in [0.25, 0.3) is 0 Å². The zero-order valence-corrected chi connectivity index (χ0v) is 18.0. The molecule has 29 heavy (non-hydrogen) atoms. The van der Waals surface area contributed by atoms with Gasteiger partial charge >= 0.3 is 7.60 Å². The summed E-state index contributed by atoms with van der Waals surface area (Å²) < 4.78 is 36.8. The third-order valence-corrected chi connectivity index (χ3v) is 6.79. The highest BCUT2D eigenvalue weighted by atomic mass is 31.2. The van der Waals surface area contributed by atoms with E-state index in [1.165, 1.54) is 0 Å². The largest absolute Gasteiger partial charge is 0.454 e. The summed E-state index contributed by atoms with van der Waals surface area (Å²) in [5.41, 5.74) is 1.61. The topological polar surface area (TPSA) is 66.0 Å². The molecular formula is C22H30NO5P. The zero-order valence-electron chi connectivity index (χ0n) is 17.1. The third-order valence-electron chi connectivity index (χ3n) is 4.64. The minimum Gasteiger partial charge on any atom is -0.454 e. The monoisotopic (exact) mass is 419 g/mol. The Bertz CT molecular complexity index is 800. The quantitative estimate of drug-likeness (QED) is 0.319. The molecule has 1 heterocycles. The van der Waals surface area contributed by atoms with Crippen LogP contribution < -0.4 is 14.8 Å². The lowest BCUT2D eigenvalue weighted by Crippen LogP contribution is -2.16. The molecule has 1 aliphatic rings. The van der Waals surface area contributed by atoms with E-state index < -0.39 is 13.4 Å². The van der Waals surface area contributed by atoms with Crippen LogP contribution in [-0.4, -0.2) is 20.0 Å². The fourth-order valence-corrected chi connectivity index (χ4v) is 4.95.